The van der Waals surface area contributed by atoms with Gasteiger partial charge in [-0.25, -0.2) is 9.78 Å². The summed E-state index contributed by atoms with van der Waals surface area (Å²) in [5.74, 6) is 0.0747. The van der Waals surface area contributed by atoms with Gasteiger partial charge in [-0.2, -0.15) is 0 Å². The van der Waals surface area contributed by atoms with Gasteiger partial charge in [-0.05, 0) is 37.2 Å². The number of hydrogen-bond donors (Lipinski definition) is 0. The molecule has 0 N–H and O–H groups in total. The molecule has 0 amide bonds. The van der Waals surface area contributed by atoms with E-state index in [-0.39, 0.29) is 6.10 Å². The zero-order valence-electron chi connectivity index (χ0n) is 13.6. The molecule has 0 heterocycles. The van der Waals surface area contributed by atoms with Gasteiger partial charge in [-0.3, -0.25) is 0 Å². The number of ether oxygens (including phenoxy) is 1. The third-order valence-corrected chi connectivity index (χ3v) is 5.28. The summed E-state index contributed by atoms with van der Waals surface area (Å²) in [6.07, 6.45) is 10.3. The van der Waals surface area contributed by atoms with Crippen molar-refractivity contribution >= 4 is 0 Å². The first-order chi connectivity index (χ1) is 10.8. The highest BCUT2D eigenvalue weighted by Gasteiger charge is 2.38. The molecule has 1 aromatic carbocycles. The minimum Gasteiger partial charge on any atom is -0.351 e. The molecular formula is C19H28O3. The second-order valence-electron chi connectivity index (χ2n) is 6.74. The predicted molar refractivity (Wildman–Crippen MR) is 86.4 cm³/mol. The van der Waals surface area contributed by atoms with Crippen molar-refractivity contribution in [3.8, 4) is 0 Å². The SMILES string of the molecule is COC1(OOC2CCCCC2)CCC(c2ccccc2)CC1. The van der Waals surface area contributed by atoms with Crippen LogP contribution in [0.15, 0.2) is 30.3 Å². The van der Waals surface area contributed by atoms with Crippen molar-refractivity contribution in [2.45, 2.75) is 75.6 Å². The lowest BCUT2D eigenvalue weighted by atomic mass is 9.81. The maximum absolute atomic E-state index is 5.82. The maximum atomic E-state index is 5.82. The van der Waals surface area contributed by atoms with E-state index < -0.39 is 5.79 Å². The fourth-order valence-corrected chi connectivity index (χ4v) is 3.75. The molecule has 0 saturated heterocycles. The van der Waals surface area contributed by atoms with Crippen LogP contribution in [-0.4, -0.2) is 19.0 Å². The Morgan fingerprint density at radius 2 is 1.59 bits per heavy atom. The smallest absolute Gasteiger partial charge is 0.201 e. The summed E-state index contributed by atoms with van der Waals surface area (Å²) >= 11 is 0. The normalized spacial score (nSPS) is 30.3. The lowest BCUT2D eigenvalue weighted by Crippen LogP contribution is -2.40. The second kappa shape index (κ2) is 7.58. The molecule has 0 unspecified atom stereocenters. The van der Waals surface area contributed by atoms with Crippen LogP contribution in [0, 0.1) is 0 Å². The second-order valence-corrected chi connectivity index (χ2v) is 6.74. The Kier molecular flexibility index (Phi) is 5.51. The van der Waals surface area contributed by atoms with Gasteiger partial charge >= 0.3 is 0 Å². The van der Waals surface area contributed by atoms with Gasteiger partial charge < -0.3 is 4.74 Å². The molecule has 2 aliphatic rings. The summed E-state index contributed by atoms with van der Waals surface area (Å²) in [7, 11) is 1.74. The Balaban J connectivity index is 1.52. The molecule has 3 rings (SSSR count). The molecule has 2 fully saturated rings. The quantitative estimate of drug-likeness (QED) is 0.437. The van der Waals surface area contributed by atoms with E-state index in [1.54, 1.807) is 7.11 Å². The van der Waals surface area contributed by atoms with Gasteiger partial charge in [-0.1, -0.05) is 49.6 Å². The molecule has 0 bridgehead atoms. The molecule has 2 saturated carbocycles. The number of hydrogen-bond acceptors (Lipinski definition) is 3. The highest BCUT2D eigenvalue weighted by atomic mass is 17.2. The minimum atomic E-state index is -0.539. The van der Waals surface area contributed by atoms with Crippen molar-refractivity contribution in [2.24, 2.45) is 0 Å². The van der Waals surface area contributed by atoms with E-state index in [1.807, 2.05) is 0 Å². The van der Waals surface area contributed by atoms with Crippen LogP contribution in [0.3, 0.4) is 0 Å². The molecule has 22 heavy (non-hydrogen) atoms. The van der Waals surface area contributed by atoms with E-state index in [0.717, 1.165) is 38.5 Å². The van der Waals surface area contributed by atoms with Crippen LogP contribution >= 0.6 is 0 Å². The van der Waals surface area contributed by atoms with E-state index in [2.05, 4.69) is 30.3 Å². The average molecular weight is 304 g/mol. The number of benzene rings is 1. The van der Waals surface area contributed by atoms with Gasteiger partial charge in [0.15, 0.2) is 0 Å². The Hall–Kier alpha value is -0.900. The topological polar surface area (TPSA) is 27.7 Å². The van der Waals surface area contributed by atoms with E-state index in [1.165, 1.54) is 24.8 Å². The van der Waals surface area contributed by atoms with Crippen LogP contribution in [0.25, 0.3) is 0 Å². The summed E-state index contributed by atoms with van der Waals surface area (Å²) in [6, 6.07) is 10.8. The van der Waals surface area contributed by atoms with Gasteiger partial charge in [-0.15, -0.1) is 0 Å². The van der Waals surface area contributed by atoms with Crippen LogP contribution in [0.2, 0.25) is 0 Å². The Morgan fingerprint density at radius 1 is 0.909 bits per heavy atom. The van der Waals surface area contributed by atoms with Crippen LogP contribution < -0.4 is 0 Å². The van der Waals surface area contributed by atoms with Gasteiger partial charge in [0.2, 0.25) is 5.79 Å². The predicted octanol–water partition coefficient (Wildman–Crippen LogP) is 4.97. The van der Waals surface area contributed by atoms with Gasteiger partial charge in [0, 0.05) is 20.0 Å². The molecule has 0 spiro atoms. The minimum absolute atomic E-state index is 0.257. The largest absolute Gasteiger partial charge is 0.351 e. The molecule has 0 atom stereocenters. The van der Waals surface area contributed by atoms with E-state index in [9.17, 15) is 0 Å². The molecular weight excluding hydrogens is 276 g/mol. The first-order valence-electron chi connectivity index (χ1n) is 8.76. The fraction of sp³-hybridized carbons (Fsp3) is 0.684. The Labute approximate surface area is 133 Å². The third kappa shape index (κ3) is 3.89. The summed E-state index contributed by atoms with van der Waals surface area (Å²) in [4.78, 5) is 11.6. The summed E-state index contributed by atoms with van der Waals surface area (Å²) in [5.41, 5.74) is 1.43. The molecule has 2 aliphatic carbocycles. The van der Waals surface area contributed by atoms with E-state index >= 15 is 0 Å². The van der Waals surface area contributed by atoms with Gasteiger partial charge in [0.25, 0.3) is 0 Å². The molecule has 0 aromatic heterocycles. The summed E-state index contributed by atoms with van der Waals surface area (Å²) in [6.45, 7) is 0. The van der Waals surface area contributed by atoms with Crippen molar-refractivity contribution in [3.05, 3.63) is 35.9 Å². The van der Waals surface area contributed by atoms with Crippen molar-refractivity contribution in [1.82, 2.24) is 0 Å². The van der Waals surface area contributed by atoms with Crippen molar-refractivity contribution < 1.29 is 14.5 Å². The lowest BCUT2D eigenvalue weighted by Gasteiger charge is -2.38. The van der Waals surface area contributed by atoms with Crippen LogP contribution in [0.5, 0.6) is 0 Å². The number of methoxy groups -OCH3 is 1. The standard InChI is InChI=1S/C19H28O3/c1-20-19(22-21-18-10-6-3-7-11-18)14-12-17(13-15-19)16-8-4-2-5-9-16/h2,4-5,8-9,17-18H,3,6-7,10-15H2,1H3. The molecule has 122 valence electrons. The molecule has 1 aromatic rings. The van der Waals surface area contributed by atoms with Crippen LogP contribution in [0.1, 0.15) is 69.3 Å². The number of rotatable bonds is 5. The van der Waals surface area contributed by atoms with E-state index in [0.29, 0.717) is 5.92 Å². The average Bonchev–Trinajstić information content (AvgIpc) is 2.62. The Bertz CT molecular complexity index is 431. The summed E-state index contributed by atoms with van der Waals surface area (Å²) in [5, 5.41) is 0. The first-order valence-corrected chi connectivity index (χ1v) is 8.76. The molecule has 0 aliphatic heterocycles. The molecule has 3 nitrogen and oxygen atoms in total. The monoisotopic (exact) mass is 304 g/mol. The van der Waals surface area contributed by atoms with Crippen LogP contribution in [0.4, 0.5) is 0 Å². The lowest BCUT2D eigenvalue weighted by molar-refractivity contribution is -0.449. The highest BCUT2D eigenvalue weighted by Crippen LogP contribution is 2.40. The summed E-state index contributed by atoms with van der Waals surface area (Å²) < 4.78 is 5.71. The third-order valence-electron chi connectivity index (χ3n) is 5.28. The van der Waals surface area contributed by atoms with Gasteiger partial charge in [0.05, 0.1) is 6.10 Å². The Morgan fingerprint density at radius 3 is 2.23 bits per heavy atom. The molecule has 3 heteroatoms. The fourth-order valence-electron chi connectivity index (χ4n) is 3.75. The van der Waals surface area contributed by atoms with Crippen molar-refractivity contribution in [2.75, 3.05) is 7.11 Å². The zero-order valence-corrected chi connectivity index (χ0v) is 13.6. The van der Waals surface area contributed by atoms with Gasteiger partial charge in [0.1, 0.15) is 0 Å². The zero-order chi connectivity index (χ0) is 15.3. The maximum Gasteiger partial charge on any atom is 0.201 e. The van der Waals surface area contributed by atoms with Crippen molar-refractivity contribution in [3.63, 3.8) is 0 Å². The van der Waals surface area contributed by atoms with Crippen LogP contribution in [-0.2, 0) is 14.5 Å². The first kappa shape index (κ1) is 16.0. The van der Waals surface area contributed by atoms with E-state index in [4.69, 9.17) is 14.5 Å². The van der Waals surface area contributed by atoms with Crippen molar-refractivity contribution in [1.29, 1.82) is 0 Å². The highest BCUT2D eigenvalue weighted by molar-refractivity contribution is 5.20. The molecule has 0 radical (unpaired) electrons.